The second kappa shape index (κ2) is 7.94. The van der Waals surface area contributed by atoms with Gasteiger partial charge in [0.25, 0.3) is 17.6 Å². The van der Waals surface area contributed by atoms with Crippen molar-refractivity contribution in [1.82, 2.24) is 24.7 Å². The van der Waals surface area contributed by atoms with Crippen LogP contribution in [-0.4, -0.2) is 30.5 Å². The van der Waals surface area contributed by atoms with E-state index in [0.717, 1.165) is 11.1 Å². The van der Waals surface area contributed by atoms with Crippen molar-refractivity contribution in [2.75, 3.05) is 0 Å². The molecule has 0 aliphatic carbocycles. The van der Waals surface area contributed by atoms with E-state index >= 15 is 0 Å². The Kier molecular flexibility index (Phi) is 4.97. The molecule has 9 heteroatoms. The quantitative estimate of drug-likeness (QED) is 0.348. The lowest BCUT2D eigenvalue weighted by atomic mass is 10.1. The van der Waals surface area contributed by atoms with Crippen LogP contribution in [0.25, 0.3) is 22.5 Å². The van der Waals surface area contributed by atoms with Gasteiger partial charge in [-0.2, -0.15) is 0 Å². The van der Waals surface area contributed by atoms with E-state index in [2.05, 4.69) is 20.2 Å². The van der Waals surface area contributed by atoms with E-state index in [-0.39, 0.29) is 11.8 Å². The molecule has 2 aromatic carbocycles. The second-order valence-electron chi connectivity index (χ2n) is 6.73. The first kappa shape index (κ1) is 19.4. The van der Waals surface area contributed by atoms with Gasteiger partial charge in [0.15, 0.2) is 0 Å². The molecule has 0 radical (unpaired) electrons. The SMILES string of the molecule is O=C(c1nnc(-c2ccncn2)o1)c1c(Cl)n(Cc2ccc(Cl)cc2)c2ccccc12. The highest BCUT2D eigenvalue weighted by Gasteiger charge is 2.26. The van der Waals surface area contributed by atoms with Crippen LogP contribution in [0.2, 0.25) is 10.2 Å². The molecule has 0 aliphatic rings. The minimum atomic E-state index is -0.455. The molecule has 0 amide bonds. The van der Waals surface area contributed by atoms with Crippen LogP contribution in [-0.2, 0) is 6.54 Å². The topological polar surface area (TPSA) is 86.7 Å². The first-order valence-electron chi connectivity index (χ1n) is 9.27. The maximum absolute atomic E-state index is 13.3. The van der Waals surface area contributed by atoms with Crippen LogP contribution < -0.4 is 0 Å². The molecule has 0 spiro atoms. The van der Waals surface area contributed by atoms with Crippen molar-refractivity contribution in [3.05, 3.63) is 94.3 Å². The van der Waals surface area contributed by atoms with Crippen molar-refractivity contribution >= 4 is 39.9 Å². The van der Waals surface area contributed by atoms with Crippen LogP contribution >= 0.6 is 23.2 Å². The monoisotopic (exact) mass is 449 g/mol. The smallest absolute Gasteiger partial charge is 0.289 e. The lowest BCUT2D eigenvalue weighted by Crippen LogP contribution is -2.04. The number of carbonyl (C=O) groups excluding carboxylic acids is 1. The van der Waals surface area contributed by atoms with Crippen LogP contribution in [0, 0.1) is 0 Å². The minimum Gasteiger partial charge on any atom is -0.412 e. The molecule has 0 fully saturated rings. The molecule has 0 unspecified atom stereocenters. The summed E-state index contributed by atoms with van der Waals surface area (Å²) < 4.78 is 7.46. The van der Waals surface area contributed by atoms with E-state index in [0.29, 0.717) is 33.4 Å². The average Bonchev–Trinajstić information content (AvgIpc) is 3.40. The van der Waals surface area contributed by atoms with Gasteiger partial charge in [-0.15, -0.1) is 10.2 Å². The highest BCUT2D eigenvalue weighted by Crippen LogP contribution is 2.33. The number of hydrogen-bond donors (Lipinski definition) is 0. The van der Waals surface area contributed by atoms with Crippen LogP contribution in [0.5, 0.6) is 0 Å². The molecule has 0 aliphatic heterocycles. The molecule has 3 heterocycles. The second-order valence-corrected chi connectivity index (χ2v) is 7.53. The van der Waals surface area contributed by atoms with Gasteiger partial charge >= 0.3 is 0 Å². The van der Waals surface area contributed by atoms with Gasteiger partial charge in [0.2, 0.25) is 0 Å². The Morgan fingerprint density at radius 2 is 1.81 bits per heavy atom. The number of nitrogens with zero attached hydrogens (tertiary/aromatic N) is 5. The van der Waals surface area contributed by atoms with Crippen LogP contribution in [0.15, 0.2) is 71.5 Å². The first-order chi connectivity index (χ1) is 15.1. The fourth-order valence-electron chi connectivity index (χ4n) is 3.36. The van der Waals surface area contributed by atoms with Gasteiger partial charge in [0.1, 0.15) is 17.2 Å². The molecule has 0 atom stereocenters. The normalized spacial score (nSPS) is 11.2. The minimum absolute atomic E-state index is 0.131. The third-order valence-corrected chi connectivity index (χ3v) is 5.45. The average molecular weight is 450 g/mol. The number of benzene rings is 2. The largest absolute Gasteiger partial charge is 0.412 e. The first-order valence-corrected chi connectivity index (χ1v) is 10.0. The predicted molar refractivity (Wildman–Crippen MR) is 116 cm³/mol. The Bertz CT molecular complexity index is 1390. The van der Waals surface area contributed by atoms with E-state index < -0.39 is 5.78 Å². The molecule has 0 saturated carbocycles. The van der Waals surface area contributed by atoms with E-state index in [1.807, 2.05) is 53.1 Å². The highest BCUT2D eigenvalue weighted by molar-refractivity contribution is 6.36. The summed E-state index contributed by atoms with van der Waals surface area (Å²) in [5.41, 5.74) is 2.55. The number of rotatable bonds is 5. The Morgan fingerprint density at radius 1 is 1.00 bits per heavy atom. The van der Waals surface area contributed by atoms with Crippen molar-refractivity contribution < 1.29 is 9.21 Å². The Morgan fingerprint density at radius 3 is 2.58 bits per heavy atom. The number of para-hydroxylation sites is 1. The van der Waals surface area contributed by atoms with Crippen LogP contribution in [0.1, 0.15) is 21.8 Å². The third-order valence-electron chi connectivity index (χ3n) is 4.81. The molecule has 152 valence electrons. The van der Waals surface area contributed by atoms with E-state index in [1.165, 1.54) is 6.33 Å². The maximum Gasteiger partial charge on any atom is 0.289 e. The zero-order valence-electron chi connectivity index (χ0n) is 15.9. The van der Waals surface area contributed by atoms with Crippen molar-refractivity contribution in [1.29, 1.82) is 0 Å². The highest BCUT2D eigenvalue weighted by atomic mass is 35.5. The fraction of sp³-hybridized carbons (Fsp3) is 0.0455. The Hall–Kier alpha value is -3.55. The van der Waals surface area contributed by atoms with Gasteiger partial charge < -0.3 is 8.98 Å². The summed E-state index contributed by atoms with van der Waals surface area (Å²) in [5, 5.41) is 9.49. The molecule has 0 bridgehead atoms. The number of fused-ring (bicyclic) bond motifs is 1. The number of hydrogen-bond acceptors (Lipinski definition) is 6. The number of carbonyl (C=O) groups is 1. The molecule has 5 rings (SSSR count). The number of aromatic nitrogens is 5. The summed E-state index contributed by atoms with van der Waals surface area (Å²) in [7, 11) is 0. The number of ketones is 1. The van der Waals surface area contributed by atoms with Gasteiger partial charge in [-0.1, -0.05) is 53.5 Å². The third kappa shape index (κ3) is 3.58. The van der Waals surface area contributed by atoms with E-state index in [4.69, 9.17) is 27.6 Å². The van der Waals surface area contributed by atoms with Gasteiger partial charge in [0, 0.05) is 23.2 Å². The zero-order valence-corrected chi connectivity index (χ0v) is 17.4. The molecular weight excluding hydrogens is 437 g/mol. The molecule has 0 saturated heterocycles. The maximum atomic E-state index is 13.3. The van der Waals surface area contributed by atoms with E-state index in [9.17, 15) is 4.79 Å². The van der Waals surface area contributed by atoms with Gasteiger partial charge in [-0.25, -0.2) is 9.97 Å². The summed E-state index contributed by atoms with van der Waals surface area (Å²) in [6, 6.07) is 16.6. The number of halogens is 2. The van der Waals surface area contributed by atoms with Gasteiger partial charge in [-0.3, -0.25) is 4.79 Å². The van der Waals surface area contributed by atoms with Crippen LogP contribution in [0.3, 0.4) is 0 Å². The van der Waals surface area contributed by atoms with Crippen molar-refractivity contribution in [3.63, 3.8) is 0 Å². The molecule has 3 aromatic heterocycles. The molecular formula is C22H13Cl2N5O2. The molecule has 7 nitrogen and oxygen atoms in total. The lowest BCUT2D eigenvalue weighted by Gasteiger charge is -2.07. The Labute approximate surface area is 186 Å². The van der Waals surface area contributed by atoms with Crippen molar-refractivity contribution in [2.24, 2.45) is 0 Å². The van der Waals surface area contributed by atoms with Crippen molar-refractivity contribution in [3.8, 4) is 11.6 Å². The summed E-state index contributed by atoms with van der Waals surface area (Å²) in [4.78, 5) is 21.2. The summed E-state index contributed by atoms with van der Waals surface area (Å²) in [5.74, 6) is -0.486. The van der Waals surface area contributed by atoms with E-state index in [1.54, 1.807) is 12.3 Å². The molecule has 5 aromatic rings. The van der Waals surface area contributed by atoms with Crippen LogP contribution in [0.4, 0.5) is 0 Å². The zero-order chi connectivity index (χ0) is 21.4. The van der Waals surface area contributed by atoms with Gasteiger partial charge in [0.05, 0.1) is 11.1 Å². The fourth-order valence-corrected chi connectivity index (χ4v) is 3.82. The predicted octanol–water partition coefficient (Wildman–Crippen LogP) is 5.07. The summed E-state index contributed by atoms with van der Waals surface area (Å²) in [6.07, 6.45) is 2.91. The molecule has 0 N–H and O–H groups in total. The lowest BCUT2D eigenvalue weighted by molar-refractivity contribution is 0.100. The Balaban J connectivity index is 1.57. The summed E-state index contributed by atoms with van der Waals surface area (Å²) in [6.45, 7) is 0.472. The van der Waals surface area contributed by atoms with Crippen molar-refractivity contribution in [2.45, 2.75) is 6.54 Å². The standard InChI is InChI=1S/C22H13Cl2N5O2/c23-14-7-5-13(6-8-14)11-29-17-4-2-1-3-15(17)18(20(29)24)19(30)22-28-27-21(31-22)16-9-10-25-12-26-16/h1-10,12H,11H2. The molecule has 31 heavy (non-hydrogen) atoms. The summed E-state index contributed by atoms with van der Waals surface area (Å²) >= 11 is 12.7. The van der Waals surface area contributed by atoms with Gasteiger partial charge in [-0.05, 0) is 29.8 Å².